The first kappa shape index (κ1) is 23.7. The Morgan fingerprint density at radius 2 is 1.36 bits per heavy atom. The van der Waals surface area contributed by atoms with Crippen LogP contribution in [0.3, 0.4) is 0 Å². The number of aromatic carboxylic acids is 1. The summed E-state index contributed by atoms with van der Waals surface area (Å²) >= 11 is 5.37. The Balaban J connectivity index is 0.000000165. The highest BCUT2D eigenvalue weighted by atomic mass is 32.2. The van der Waals surface area contributed by atoms with E-state index in [2.05, 4.69) is 29.9 Å². The lowest BCUT2D eigenvalue weighted by Gasteiger charge is -2.25. The number of amides is 1. The Morgan fingerprint density at radius 3 is 1.88 bits per heavy atom. The van der Waals surface area contributed by atoms with Crippen LogP contribution in [0.25, 0.3) is 20.7 Å². The molecular formula is C19H19N7O3S4. The van der Waals surface area contributed by atoms with Crippen LogP contribution in [0.15, 0.2) is 22.7 Å². The molecule has 1 fully saturated rings. The van der Waals surface area contributed by atoms with E-state index in [-0.39, 0.29) is 10.9 Å². The first-order valence-electron chi connectivity index (χ1n) is 9.85. The van der Waals surface area contributed by atoms with Gasteiger partial charge < -0.3 is 10.0 Å². The molecule has 0 bridgehead atoms. The van der Waals surface area contributed by atoms with Gasteiger partial charge in [0.2, 0.25) is 5.01 Å². The molecule has 5 heterocycles. The molecule has 0 unspecified atom stereocenters. The number of aromatic nitrogens is 6. The number of thioether (sulfide) groups is 2. The molecule has 0 radical (unpaired) electrons. The van der Waals surface area contributed by atoms with E-state index < -0.39 is 5.97 Å². The molecule has 33 heavy (non-hydrogen) atoms. The summed E-state index contributed by atoms with van der Waals surface area (Å²) in [5, 5.41) is 10.9. The summed E-state index contributed by atoms with van der Waals surface area (Å²) in [7, 11) is 0. The number of carbonyl (C=O) groups excluding carboxylic acids is 1. The summed E-state index contributed by atoms with van der Waals surface area (Å²) in [4.78, 5) is 51.1. The standard InChI is InChI=1S/C12H14N4OS2.C7H5N3O2S2/c1-18-9-8-10(14-7-13-9)19-11(15-8)12(17)16-5-3-2-4-6-16;1-13-4-3-5(9-2-8-4)14-6(10-3)7(11)12/h7H,2-6H2,1H3;2H,1H3,(H,11,12). The van der Waals surface area contributed by atoms with Crippen molar-refractivity contribution < 1.29 is 14.7 Å². The van der Waals surface area contributed by atoms with Crippen LogP contribution < -0.4 is 0 Å². The lowest BCUT2D eigenvalue weighted by atomic mass is 10.1. The number of piperidine rings is 1. The smallest absolute Gasteiger partial charge is 0.365 e. The fourth-order valence-electron chi connectivity index (χ4n) is 3.18. The van der Waals surface area contributed by atoms with Crippen LogP contribution in [0.4, 0.5) is 0 Å². The Labute approximate surface area is 205 Å². The number of carboxylic acid groups (broad SMARTS) is 1. The van der Waals surface area contributed by atoms with Crippen molar-refractivity contribution in [3.8, 4) is 0 Å². The first-order chi connectivity index (χ1) is 16.0. The van der Waals surface area contributed by atoms with Crippen LogP contribution in [0.5, 0.6) is 0 Å². The summed E-state index contributed by atoms with van der Waals surface area (Å²) in [6.07, 6.45) is 10.2. The maximum atomic E-state index is 12.4. The van der Waals surface area contributed by atoms with Gasteiger partial charge in [-0.2, -0.15) is 0 Å². The SMILES string of the molecule is CSc1ncnc2sc(C(=O)N3CCCCC3)nc12.CSc1ncnc2sc(C(=O)O)nc12. The normalized spacial score (nSPS) is 13.7. The molecule has 10 nitrogen and oxygen atoms in total. The Morgan fingerprint density at radius 1 is 0.848 bits per heavy atom. The number of thiazole rings is 2. The minimum Gasteiger partial charge on any atom is -0.476 e. The van der Waals surface area contributed by atoms with E-state index >= 15 is 0 Å². The van der Waals surface area contributed by atoms with Crippen LogP contribution in [0.1, 0.15) is 38.9 Å². The van der Waals surface area contributed by atoms with Crippen LogP contribution in [-0.4, -0.2) is 77.4 Å². The third-order valence-corrected chi connectivity index (χ3v) is 7.99. The van der Waals surface area contributed by atoms with Crippen LogP contribution in [-0.2, 0) is 0 Å². The van der Waals surface area contributed by atoms with Crippen molar-refractivity contribution in [1.29, 1.82) is 0 Å². The van der Waals surface area contributed by atoms with Gasteiger partial charge in [0, 0.05) is 13.1 Å². The van der Waals surface area contributed by atoms with E-state index in [4.69, 9.17) is 5.11 Å². The van der Waals surface area contributed by atoms with Crippen molar-refractivity contribution in [3.05, 3.63) is 22.7 Å². The second-order valence-corrected chi connectivity index (χ2v) is 10.3. The van der Waals surface area contributed by atoms with Gasteiger partial charge in [0.25, 0.3) is 5.91 Å². The molecule has 1 amide bonds. The van der Waals surface area contributed by atoms with E-state index in [0.717, 1.165) is 52.6 Å². The number of nitrogens with zero attached hydrogens (tertiary/aromatic N) is 7. The third kappa shape index (κ3) is 5.23. The monoisotopic (exact) mass is 521 g/mol. The maximum absolute atomic E-state index is 12.4. The molecule has 14 heteroatoms. The number of hydrogen-bond donors (Lipinski definition) is 1. The zero-order valence-corrected chi connectivity index (χ0v) is 21.0. The molecule has 0 aliphatic carbocycles. The molecule has 0 aromatic carbocycles. The predicted octanol–water partition coefficient (Wildman–Crippen LogP) is 3.94. The van der Waals surface area contributed by atoms with Crippen molar-refractivity contribution in [2.75, 3.05) is 25.6 Å². The minimum atomic E-state index is -1.03. The molecule has 1 N–H and O–H groups in total. The lowest BCUT2D eigenvalue weighted by molar-refractivity contribution is 0.0694. The number of likely N-dealkylation sites (tertiary alicyclic amines) is 1. The largest absolute Gasteiger partial charge is 0.476 e. The number of fused-ring (bicyclic) bond motifs is 2. The fraction of sp³-hybridized carbons (Fsp3) is 0.368. The van der Waals surface area contributed by atoms with Gasteiger partial charge in [-0.05, 0) is 31.8 Å². The van der Waals surface area contributed by atoms with Crippen molar-refractivity contribution in [3.63, 3.8) is 0 Å². The average molecular weight is 522 g/mol. The average Bonchev–Trinajstić information content (AvgIpc) is 3.49. The lowest BCUT2D eigenvalue weighted by Crippen LogP contribution is -2.35. The zero-order chi connectivity index (χ0) is 23.4. The molecule has 1 aliphatic rings. The van der Waals surface area contributed by atoms with Gasteiger partial charge >= 0.3 is 5.97 Å². The number of hydrogen-bond acceptors (Lipinski definition) is 12. The van der Waals surface area contributed by atoms with Gasteiger partial charge in [-0.3, -0.25) is 4.79 Å². The first-order valence-corrected chi connectivity index (χ1v) is 13.9. The van der Waals surface area contributed by atoms with Gasteiger partial charge in [-0.15, -0.1) is 23.5 Å². The summed E-state index contributed by atoms with van der Waals surface area (Å²) in [6, 6.07) is 0. The molecular weight excluding hydrogens is 503 g/mol. The van der Waals surface area contributed by atoms with Gasteiger partial charge in [-0.1, -0.05) is 22.7 Å². The van der Waals surface area contributed by atoms with Crippen molar-refractivity contribution >= 4 is 78.8 Å². The summed E-state index contributed by atoms with van der Waals surface area (Å²) in [5.74, 6) is -0.991. The highest BCUT2D eigenvalue weighted by molar-refractivity contribution is 7.99. The number of carbonyl (C=O) groups is 2. The number of rotatable bonds is 4. The molecule has 0 atom stereocenters. The Bertz CT molecular complexity index is 1300. The topological polar surface area (TPSA) is 135 Å². The number of carboxylic acids is 1. The molecule has 172 valence electrons. The predicted molar refractivity (Wildman–Crippen MR) is 131 cm³/mol. The van der Waals surface area contributed by atoms with Crippen molar-refractivity contribution in [2.45, 2.75) is 29.3 Å². The van der Waals surface area contributed by atoms with E-state index in [1.54, 1.807) is 0 Å². The summed E-state index contributed by atoms with van der Waals surface area (Å²) in [6.45, 7) is 1.69. The van der Waals surface area contributed by atoms with E-state index in [1.807, 2.05) is 17.4 Å². The van der Waals surface area contributed by atoms with Crippen LogP contribution in [0, 0.1) is 0 Å². The van der Waals surface area contributed by atoms with Gasteiger partial charge in [0.1, 0.15) is 43.4 Å². The van der Waals surface area contributed by atoms with Gasteiger partial charge in [0.15, 0.2) is 5.01 Å². The second kappa shape index (κ2) is 10.7. The van der Waals surface area contributed by atoms with Gasteiger partial charge in [0.05, 0.1) is 0 Å². The highest BCUT2D eigenvalue weighted by Crippen LogP contribution is 2.28. The Kier molecular flexibility index (Phi) is 7.67. The Hall–Kier alpha value is -2.42. The van der Waals surface area contributed by atoms with Crippen molar-refractivity contribution in [1.82, 2.24) is 34.8 Å². The molecule has 0 saturated carbocycles. The van der Waals surface area contributed by atoms with Gasteiger partial charge in [-0.25, -0.2) is 34.7 Å². The summed E-state index contributed by atoms with van der Waals surface area (Å²) in [5.41, 5.74) is 1.32. The van der Waals surface area contributed by atoms with Crippen LogP contribution >= 0.6 is 46.2 Å². The maximum Gasteiger partial charge on any atom is 0.365 e. The fourth-order valence-corrected chi connectivity index (χ4v) is 5.91. The zero-order valence-electron chi connectivity index (χ0n) is 17.7. The second-order valence-electron chi connectivity index (χ2n) is 6.77. The van der Waals surface area contributed by atoms with E-state index in [1.165, 1.54) is 53.9 Å². The highest BCUT2D eigenvalue weighted by Gasteiger charge is 2.22. The summed E-state index contributed by atoms with van der Waals surface area (Å²) < 4.78 is 0. The molecule has 4 aromatic rings. The molecule has 0 spiro atoms. The van der Waals surface area contributed by atoms with Crippen molar-refractivity contribution in [2.24, 2.45) is 0 Å². The van der Waals surface area contributed by atoms with E-state index in [9.17, 15) is 9.59 Å². The molecule has 4 aromatic heterocycles. The minimum absolute atomic E-state index is 0.0368. The quantitative estimate of drug-likeness (QED) is 0.309. The van der Waals surface area contributed by atoms with Crippen LogP contribution in [0.2, 0.25) is 0 Å². The molecule has 1 aliphatic heterocycles. The third-order valence-electron chi connectivity index (χ3n) is 4.72. The molecule has 5 rings (SSSR count). The van der Waals surface area contributed by atoms with E-state index in [0.29, 0.717) is 20.4 Å². The molecule has 1 saturated heterocycles.